The lowest BCUT2D eigenvalue weighted by molar-refractivity contribution is 0.389. The highest BCUT2D eigenvalue weighted by Crippen LogP contribution is 2.34. The summed E-state index contributed by atoms with van der Waals surface area (Å²) in [4.78, 5) is 0. The first-order valence-electron chi connectivity index (χ1n) is 6.22. The van der Waals surface area contributed by atoms with Gasteiger partial charge in [-0.05, 0) is 50.4 Å². The van der Waals surface area contributed by atoms with Gasteiger partial charge in [0.05, 0.1) is 7.11 Å². The van der Waals surface area contributed by atoms with Crippen LogP contribution in [0.5, 0.6) is 5.75 Å². The first-order valence-corrected chi connectivity index (χ1v) is 6.22. The summed E-state index contributed by atoms with van der Waals surface area (Å²) in [5.41, 5.74) is 2.71. The van der Waals surface area contributed by atoms with E-state index in [0.29, 0.717) is 11.3 Å². The molecule has 1 saturated heterocycles. The molecule has 1 unspecified atom stereocenters. The molecule has 2 rings (SSSR count). The minimum absolute atomic E-state index is 0.171. The number of hydrogen-bond donors (Lipinski definition) is 1. The van der Waals surface area contributed by atoms with Crippen LogP contribution in [0.3, 0.4) is 0 Å². The largest absolute Gasteiger partial charge is 0.496 e. The van der Waals surface area contributed by atoms with Gasteiger partial charge in [0, 0.05) is 11.6 Å². The molecule has 1 aliphatic rings. The van der Waals surface area contributed by atoms with Crippen molar-refractivity contribution < 1.29 is 9.13 Å². The van der Waals surface area contributed by atoms with E-state index in [1.54, 1.807) is 20.1 Å². The molecule has 1 heterocycles. The number of ether oxygens (including phenoxy) is 1. The number of benzene rings is 1. The van der Waals surface area contributed by atoms with Crippen molar-refractivity contribution in [2.75, 3.05) is 13.7 Å². The van der Waals surface area contributed by atoms with Crippen molar-refractivity contribution in [3.63, 3.8) is 0 Å². The average Bonchev–Trinajstić information content (AvgIpc) is 2.36. The number of nitrogens with one attached hydrogen (secondary N) is 1. The number of piperidine rings is 1. The molecule has 0 radical (unpaired) electrons. The highest BCUT2D eigenvalue weighted by molar-refractivity contribution is 5.47. The molecular weight excluding hydrogens is 217 g/mol. The van der Waals surface area contributed by atoms with Gasteiger partial charge >= 0.3 is 0 Å². The molecule has 2 nitrogen and oxygen atoms in total. The van der Waals surface area contributed by atoms with E-state index < -0.39 is 0 Å². The van der Waals surface area contributed by atoms with Crippen LogP contribution in [0.4, 0.5) is 4.39 Å². The fraction of sp³-hybridized carbons (Fsp3) is 0.571. The second-order valence-electron chi connectivity index (χ2n) is 4.73. The van der Waals surface area contributed by atoms with Crippen molar-refractivity contribution >= 4 is 0 Å². The molecule has 3 heteroatoms. The Morgan fingerprint density at radius 3 is 2.65 bits per heavy atom. The summed E-state index contributed by atoms with van der Waals surface area (Å²) in [6, 6.07) is 1.93. The Kier molecular flexibility index (Phi) is 3.67. The number of rotatable bonds is 2. The summed E-state index contributed by atoms with van der Waals surface area (Å²) in [5.74, 6) is 0.516. The third kappa shape index (κ3) is 2.29. The van der Waals surface area contributed by atoms with Gasteiger partial charge in [-0.3, -0.25) is 0 Å². The average molecular weight is 237 g/mol. The van der Waals surface area contributed by atoms with Crippen LogP contribution in [0.2, 0.25) is 0 Å². The topological polar surface area (TPSA) is 21.3 Å². The van der Waals surface area contributed by atoms with Gasteiger partial charge in [-0.25, -0.2) is 4.39 Å². The van der Waals surface area contributed by atoms with Crippen LogP contribution in [0.15, 0.2) is 6.07 Å². The quantitative estimate of drug-likeness (QED) is 0.852. The summed E-state index contributed by atoms with van der Waals surface area (Å²) >= 11 is 0. The van der Waals surface area contributed by atoms with Gasteiger partial charge in [0.2, 0.25) is 0 Å². The van der Waals surface area contributed by atoms with Crippen molar-refractivity contribution in [2.24, 2.45) is 0 Å². The minimum atomic E-state index is -0.171. The Morgan fingerprint density at radius 2 is 2.06 bits per heavy atom. The molecule has 1 aliphatic heterocycles. The van der Waals surface area contributed by atoms with E-state index in [1.165, 1.54) is 12.8 Å². The molecule has 0 spiro atoms. The Bertz CT molecular complexity index is 411. The standard InChI is InChI=1S/C14H20FNO/c1-9-11(13-6-4-5-7-16-13)8-12(15)10(2)14(9)17-3/h8,13,16H,4-7H2,1-3H3. The second-order valence-corrected chi connectivity index (χ2v) is 4.73. The summed E-state index contributed by atoms with van der Waals surface area (Å²) in [7, 11) is 1.60. The summed E-state index contributed by atoms with van der Waals surface area (Å²) in [6.07, 6.45) is 3.49. The van der Waals surface area contributed by atoms with E-state index in [1.807, 2.05) is 6.92 Å². The van der Waals surface area contributed by atoms with Crippen molar-refractivity contribution in [1.82, 2.24) is 5.32 Å². The molecule has 0 saturated carbocycles. The van der Waals surface area contributed by atoms with Gasteiger partial charge in [-0.2, -0.15) is 0 Å². The SMILES string of the molecule is COc1c(C)c(F)cc(C2CCCCN2)c1C. The van der Waals surface area contributed by atoms with Gasteiger partial charge in [-0.15, -0.1) is 0 Å². The van der Waals surface area contributed by atoms with E-state index in [-0.39, 0.29) is 11.9 Å². The summed E-state index contributed by atoms with van der Waals surface area (Å²) in [5, 5.41) is 3.45. The number of halogens is 1. The normalized spacial score (nSPS) is 20.4. The Hall–Kier alpha value is -1.09. The summed E-state index contributed by atoms with van der Waals surface area (Å²) < 4.78 is 19.2. The summed E-state index contributed by atoms with van der Waals surface area (Å²) in [6.45, 7) is 4.79. The van der Waals surface area contributed by atoms with Crippen LogP contribution in [-0.2, 0) is 0 Å². The maximum absolute atomic E-state index is 13.9. The first kappa shape index (κ1) is 12.4. The van der Waals surface area contributed by atoms with E-state index >= 15 is 0 Å². The molecule has 0 aromatic heterocycles. The second kappa shape index (κ2) is 5.05. The molecule has 0 aliphatic carbocycles. The van der Waals surface area contributed by atoms with Crippen molar-refractivity contribution in [1.29, 1.82) is 0 Å². The lowest BCUT2D eigenvalue weighted by Gasteiger charge is -2.26. The molecule has 1 N–H and O–H groups in total. The first-order chi connectivity index (χ1) is 8.15. The third-order valence-corrected chi connectivity index (χ3v) is 3.64. The third-order valence-electron chi connectivity index (χ3n) is 3.64. The maximum Gasteiger partial charge on any atom is 0.130 e. The zero-order chi connectivity index (χ0) is 12.4. The van der Waals surface area contributed by atoms with E-state index in [9.17, 15) is 4.39 Å². The number of hydrogen-bond acceptors (Lipinski definition) is 2. The Morgan fingerprint density at radius 1 is 1.29 bits per heavy atom. The van der Waals surface area contributed by atoms with E-state index in [0.717, 1.165) is 24.1 Å². The van der Waals surface area contributed by atoms with Gasteiger partial charge < -0.3 is 10.1 Å². The van der Waals surface area contributed by atoms with E-state index in [4.69, 9.17) is 4.74 Å². The van der Waals surface area contributed by atoms with Crippen LogP contribution in [-0.4, -0.2) is 13.7 Å². The van der Waals surface area contributed by atoms with Crippen LogP contribution in [0.1, 0.15) is 42.0 Å². The number of methoxy groups -OCH3 is 1. The predicted octanol–water partition coefficient (Wildman–Crippen LogP) is 3.27. The molecule has 94 valence electrons. The lowest BCUT2D eigenvalue weighted by atomic mass is 9.92. The van der Waals surface area contributed by atoms with Gasteiger partial charge in [0.25, 0.3) is 0 Å². The fourth-order valence-corrected chi connectivity index (χ4v) is 2.66. The van der Waals surface area contributed by atoms with Gasteiger partial charge in [0.15, 0.2) is 0 Å². The molecule has 17 heavy (non-hydrogen) atoms. The zero-order valence-corrected chi connectivity index (χ0v) is 10.8. The van der Waals surface area contributed by atoms with Crippen LogP contribution < -0.4 is 10.1 Å². The van der Waals surface area contributed by atoms with Crippen LogP contribution in [0, 0.1) is 19.7 Å². The lowest BCUT2D eigenvalue weighted by Crippen LogP contribution is -2.27. The Labute approximate surface area is 102 Å². The van der Waals surface area contributed by atoms with Crippen LogP contribution >= 0.6 is 0 Å². The van der Waals surface area contributed by atoms with Crippen molar-refractivity contribution in [2.45, 2.75) is 39.2 Å². The van der Waals surface area contributed by atoms with Gasteiger partial charge in [-0.1, -0.05) is 6.42 Å². The zero-order valence-electron chi connectivity index (χ0n) is 10.8. The fourth-order valence-electron chi connectivity index (χ4n) is 2.66. The monoisotopic (exact) mass is 237 g/mol. The van der Waals surface area contributed by atoms with Crippen LogP contribution in [0.25, 0.3) is 0 Å². The van der Waals surface area contributed by atoms with Crippen molar-refractivity contribution in [3.05, 3.63) is 28.6 Å². The van der Waals surface area contributed by atoms with E-state index in [2.05, 4.69) is 5.32 Å². The van der Waals surface area contributed by atoms with Gasteiger partial charge in [0.1, 0.15) is 11.6 Å². The maximum atomic E-state index is 13.9. The molecule has 0 amide bonds. The highest BCUT2D eigenvalue weighted by Gasteiger charge is 2.21. The predicted molar refractivity (Wildman–Crippen MR) is 67.0 cm³/mol. The molecule has 1 atom stereocenters. The van der Waals surface area contributed by atoms with Crippen molar-refractivity contribution in [3.8, 4) is 5.75 Å². The highest BCUT2D eigenvalue weighted by atomic mass is 19.1. The minimum Gasteiger partial charge on any atom is -0.496 e. The molecular formula is C14H20FNO. The molecule has 1 fully saturated rings. The Balaban J connectivity index is 2.42. The molecule has 1 aromatic carbocycles. The molecule has 0 bridgehead atoms. The molecule has 1 aromatic rings. The smallest absolute Gasteiger partial charge is 0.130 e.